The summed E-state index contributed by atoms with van der Waals surface area (Å²) in [5.74, 6) is -1.63. The lowest BCUT2D eigenvalue weighted by Crippen LogP contribution is -2.36. The molecule has 1 fully saturated rings. The number of hydrogen-bond acceptors (Lipinski definition) is 5. The van der Waals surface area contributed by atoms with E-state index in [0.29, 0.717) is 12.7 Å². The number of aliphatic hydroxyl groups is 1. The van der Waals surface area contributed by atoms with Crippen LogP contribution in [0.4, 0.5) is 5.69 Å². The molecule has 8 heteroatoms. The molecule has 170 valence electrons. The molecule has 1 heterocycles. The summed E-state index contributed by atoms with van der Waals surface area (Å²) in [6.45, 7) is 2.22. The second-order valence-electron chi connectivity index (χ2n) is 7.64. The topological polar surface area (TPSA) is 95.9 Å². The van der Waals surface area contributed by atoms with Gasteiger partial charge in [0.15, 0.2) is 0 Å². The first kappa shape index (κ1) is 24.7. The van der Waals surface area contributed by atoms with Gasteiger partial charge in [-0.3, -0.25) is 19.8 Å². The maximum Gasteiger partial charge on any atom is 0.311 e. The van der Waals surface area contributed by atoms with Gasteiger partial charge in [-0.25, -0.2) is 5.01 Å². The highest BCUT2D eigenvalue weighted by molar-refractivity contribution is 6.36. The highest BCUT2D eigenvalue weighted by atomic mass is 35.5. The molecular formula is C23H31ClN2O5. The van der Waals surface area contributed by atoms with Gasteiger partial charge in [-0.15, -0.1) is 0 Å². The van der Waals surface area contributed by atoms with Gasteiger partial charge < -0.3 is 9.84 Å². The van der Waals surface area contributed by atoms with E-state index in [1.807, 2.05) is 0 Å². The van der Waals surface area contributed by atoms with Crippen LogP contribution < -0.4 is 15.2 Å². The monoisotopic (exact) mass is 450 g/mol. The summed E-state index contributed by atoms with van der Waals surface area (Å²) < 4.78 is 5.36. The first-order valence-electron chi connectivity index (χ1n) is 11.0. The van der Waals surface area contributed by atoms with Crippen LogP contribution in [0.25, 0.3) is 0 Å². The van der Waals surface area contributed by atoms with E-state index in [0.717, 1.165) is 24.3 Å². The quantitative estimate of drug-likeness (QED) is 0.105. The highest BCUT2D eigenvalue weighted by Gasteiger charge is 2.36. The Balaban J connectivity index is 1.75. The average Bonchev–Trinajstić information content (AvgIpc) is 3.03. The summed E-state index contributed by atoms with van der Waals surface area (Å²) >= 11 is 6.13. The molecule has 0 spiro atoms. The molecule has 0 aliphatic carbocycles. The normalized spacial score (nSPS) is 14.9. The molecule has 2 rings (SSSR count). The van der Waals surface area contributed by atoms with Gasteiger partial charge in [-0.05, 0) is 18.6 Å². The fourth-order valence-corrected chi connectivity index (χ4v) is 3.58. The Hall–Kier alpha value is -2.54. The lowest BCUT2D eigenvalue weighted by atomic mass is 10.1. The number of rotatable bonds is 13. The molecular weight excluding hydrogens is 420 g/mol. The van der Waals surface area contributed by atoms with Crippen molar-refractivity contribution < 1.29 is 24.2 Å². The van der Waals surface area contributed by atoms with Crippen molar-refractivity contribution in [2.75, 3.05) is 5.01 Å². The van der Waals surface area contributed by atoms with E-state index in [4.69, 9.17) is 21.4 Å². The van der Waals surface area contributed by atoms with Crippen LogP contribution in [0.15, 0.2) is 30.0 Å². The minimum Gasteiger partial charge on any atom is -0.515 e. The fraction of sp³-hybridized carbons (Fsp3) is 0.522. The van der Waals surface area contributed by atoms with Crippen molar-refractivity contribution in [3.05, 3.63) is 35.1 Å². The number of unbranched alkanes of at least 4 members (excludes halogenated alkanes) is 9. The number of halogens is 1. The number of anilines is 1. The predicted octanol–water partition coefficient (Wildman–Crippen LogP) is 5.38. The van der Waals surface area contributed by atoms with E-state index in [-0.39, 0.29) is 22.4 Å². The second-order valence-corrected chi connectivity index (χ2v) is 8.05. The minimum atomic E-state index is -0.747. The van der Waals surface area contributed by atoms with E-state index >= 15 is 0 Å². The number of carbonyl (C=O) groups excluding carboxylic acids is 3. The van der Waals surface area contributed by atoms with Gasteiger partial charge in [0.25, 0.3) is 11.8 Å². The van der Waals surface area contributed by atoms with Gasteiger partial charge in [0.1, 0.15) is 11.3 Å². The zero-order valence-electron chi connectivity index (χ0n) is 18.0. The third-order valence-electron chi connectivity index (χ3n) is 5.15. The zero-order valence-corrected chi connectivity index (χ0v) is 18.7. The first-order chi connectivity index (χ1) is 15.0. The Bertz CT molecular complexity index is 809. The number of aliphatic hydroxyl groups excluding tert-OH is 1. The molecule has 1 saturated heterocycles. The standard InChI is InChI=1S/C23H31ClN2O5/c1-2-3-4-5-6-7-8-9-10-11-12-21(28)31-17-13-14-19(24)20(15-17)26-23(30)18(16-27)22(29)25-26/h13-16,27H,2-12H2,1H3,(H,25,29)/b18-16-. The Morgan fingerprint density at radius 1 is 1.06 bits per heavy atom. The Morgan fingerprint density at radius 3 is 2.26 bits per heavy atom. The predicted molar refractivity (Wildman–Crippen MR) is 120 cm³/mol. The van der Waals surface area contributed by atoms with Gasteiger partial charge in [0.05, 0.1) is 17.0 Å². The van der Waals surface area contributed by atoms with Gasteiger partial charge in [-0.2, -0.15) is 0 Å². The summed E-state index contributed by atoms with van der Waals surface area (Å²) in [7, 11) is 0. The number of hydrazine groups is 1. The van der Waals surface area contributed by atoms with Gasteiger partial charge >= 0.3 is 5.97 Å². The zero-order chi connectivity index (χ0) is 22.6. The molecule has 0 unspecified atom stereocenters. The van der Waals surface area contributed by atoms with Crippen LogP contribution in [0.1, 0.15) is 77.6 Å². The summed E-state index contributed by atoms with van der Waals surface area (Å²) in [6, 6.07) is 4.39. The van der Waals surface area contributed by atoms with Crippen LogP contribution >= 0.6 is 11.6 Å². The number of amides is 2. The van der Waals surface area contributed by atoms with Crippen molar-refractivity contribution in [3.8, 4) is 5.75 Å². The van der Waals surface area contributed by atoms with Crippen LogP contribution in [0.2, 0.25) is 5.02 Å². The molecule has 2 N–H and O–H groups in total. The molecule has 1 aliphatic heterocycles. The number of carbonyl (C=O) groups is 3. The van der Waals surface area contributed by atoms with Gasteiger partial charge in [0.2, 0.25) is 0 Å². The number of ether oxygens (including phenoxy) is 1. The fourth-order valence-electron chi connectivity index (χ4n) is 3.38. The van der Waals surface area contributed by atoms with Crippen LogP contribution in [0.5, 0.6) is 5.75 Å². The van der Waals surface area contributed by atoms with Crippen molar-refractivity contribution in [3.63, 3.8) is 0 Å². The number of nitrogens with one attached hydrogen (secondary N) is 1. The second kappa shape index (κ2) is 13.0. The lowest BCUT2D eigenvalue weighted by Gasteiger charge is -2.17. The Morgan fingerprint density at radius 2 is 1.68 bits per heavy atom. The summed E-state index contributed by atoms with van der Waals surface area (Å²) in [5.41, 5.74) is 2.06. The van der Waals surface area contributed by atoms with Crippen molar-refractivity contribution in [1.29, 1.82) is 0 Å². The van der Waals surface area contributed by atoms with Crippen molar-refractivity contribution in [1.82, 2.24) is 5.43 Å². The Labute approximate surface area is 188 Å². The van der Waals surface area contributed by atoms with E-state index in [9.17, 15) is 14.4 Å². The van der Waals surface area contributed by atoms with Crippen molar-refractivity contribution in [2.24, 2.45) is 0 Å². The number of benzene rings is 1. The van der Waals surface area contributed by atoms with Crippen molar-refractivity contribution >= 4 is 35.1 Å². The van der Waals surface area contributed by atoms with Gasteiger partial charge in [0, 0.05) is 12.5 Å². The summed E-state index contributed by atoms with van der Waals surface area (Å²) in [6.07, 6.45) is 12.6. The third-order valence-corrected chi connectivity index (χ3v) is 5.46. The van der Waals surface area contributed by atoms with E-state index < -0.39 is 17.4 Å². The van der Waals surface area contributed by atoms with Crippen LogP contribution in [0.3, 0.4) is 0 Å². The molecule has 2 amide bonds. The van der Waals surface area contributed by atoms with E-state index in [1.165, 1.54) is 63.1 Å². The van der Waals surface area contributed by atoms with Crippen molar-refractivity contribution in [2.45, 2.75) is 77.6 Å². The summed E-state index contributed by atoms with van der Waals surface area (Å²) in [5, 5.41) is 10.1. The maximum absolute atomic E-state index is 12.2. The minimum absolute atomic E-state index is 0.154. The smallest absolute Gasteiger partial charge is 0.311 e. The Kier molecular flexibility index (Phi) is 10.4. The van der Waals surface area contributed by atoms with E-state index in [2.05, 4.69) is 12.3 Å². The van der Waals surface area contributed by atoms with E-state index in [1.54, 1.807) is 0 Å². The third kappa shape index (κ3) is 7.58. The van der Waals surface area contributed by atoms with Crippen LogP contribution in [-0.4, -0.2) is 22.9 Å². The molecule has 7 nitrogen and oxygen atoms in total. The number of hydrogen-bond donors (Lipinski definition) is 2. The largest absolute Gasteiger partial charge is 0.515 e. The number of esters is 1. The molecule has 0 radical (unpaired) electrons. The van der Waals surface area contributed by atoms with Crippen LogP contribution in [-0.2, 0) is 14.4 Å². The van der Waals surface area contributed by atoms with Gasteiger partial charge in [-0.1, -0.05) is 76.3 Å². The molecule has 31 heavy (non-hydrogen) atoms. The maximum atomic E-state index is 12.2. The lowest BCUT2D eigenvalue weighted by molar-refractivity contribution is -0.134. The molecule has 1 aromatic carbocycles. The van der Waals surface area contributed by atoms with Crippen LogP contribution in [0, 0.1) is 0 Å². The molecule has 0 bridgehead atoms. The molecule has 1 aliphatic rings. The number of nitrogens with zero attached hydrogens (tertiary/aromatic N) is 1. The molecule has 0 atom stereocenters. The average molecular weight is 451 g/mol. The molecule has 1 aromatic rings. The first-order valence-corrected chi connectivity index (χ1v) is 11.4. The molecule has 0 aromatic heterocycles. The SMILES string of the molecule is CCCCCCCCCCCCC(=O)Oc1ccc(Cl)c(N2NC(=O)/C(=C/O)C2=O)c1. The highest BCUT2D eigenvalue weighted by Crippen LogP contribution is 2.32. The molecule has 0 saturated carbocycles. The summed E-state index contributed by atoms with van der Waals surface area (Å²) in [4.78, 5) is 36.0.